The third kappa shape index (κ3) is 2.46. The summed E-state index contributed by atoms with van der Waals surface area (Å²) in [7, 11) is 2.09. The van der Waals surface area contributed by atoms with E-state index >= 15 is 0 Å². The molecule has 1 aliphatic rings. The quantitative estimate of drug-likeness (QED) is 0.867. The molecule has 1 fully saturated rings. The molecule has 0 aliphatic heterocycles. The van der Waals surface area contributed by atoms with E-state index in [0.29, 0.717) is 11.5 Å². The Hall–Kier alpha value is -0.830. The normalized spacial score (nSPS) is 24.3. The van der Waals surface area contributed by atoms with Gasteiger partial charge in [-0.25, -0.2) is 0 Å². The molecule has 0 bridgehead atoms. The molecule has 102 valence electrons. The average Bonchev–Trinajstić information content (AvgIpc) is 2.89. The molecular weight excluding hydrogens is 222 g/mol. The van der Waals surface area contributed by atoms with Gasteiger partial charge in [0.2, 0.25) is 0 Å². The highest BCUT2D eigenvalue weighted by atomic mass is 15.3. The lowest BCUT2D eigenvalue weighted by atomic mass is 9.76. The first kappa shape index (κ1) is 13.6. The molecule has 18 heavy (non-hydrogen) atoms. The van der Waals surface area contributed by atoms with Crippen LogP contribution >= 0.6 is 0 Å². The number of hydrogen-bond acceptors (Lipinski definition) is 2. The largest absolute Gasteiger partial charge is 0.311 e. The SMILES string of the molecule is CCCn1nccc1C(NC)C1CCCC1(C)C. The van der Waals surface area contributed by atoms with E-state index in [1.165, 1.54) is 25.0 Å². The van der Waals surface area contributed by atoms with Gasteiger partial charge in [-0.05, 0) is 43.7 Å². The molecule has 0 radical (unpaired) electrons. The summed E-state index contributed by atoms with van der Waals surface area (Å²) < 4.78 is 2.18. The van der Waals surface area contributed by atoms with E-state index in [0.717, 1.165) is 18.9 Å². The molecule has 1 aromatic heterocycles. The van der Waals surface area contributed by atoms with E-state index in [9.17, 15) is 0 Å². The molecule has 2 rings (SSSR count). The lowest BCUT2D eigenvalue weighted by molar-refractivity contribution is 0.197. The summed E-state index contributed by atoms with van der Waals surface area (Å²) in [6, 6.07) is 2.63. The van der Waals surface area contributed by atoms with Crippen LogP contribution in [0.2, 0.25) is 0 Å². The smallest absolute Gasteiger partial charge is 0.0556 e. The van der Waals surface area contributed by atoms with Crippen molar-refractivity contribution >= 4 is 0 Å². The number of rotatable bonds is 5. The maximum Gasteiger partial charge on any atom is 0.0556 e. The molecule has 1 heterocycles. The summed E-state index contributed by atoms with van der Waals surface area (Å²) in [6.07, 6.45) is 7.11. The van der Waals surface area contributed by atoms with Gasteiger partial charge in [0, 0.05) is 12.7 Å². The number of nitrogens with one attached hydrogen (secondary N) is 1. The zero-order valence-electron chi connectivity index (χ0n) is 12.2. The minimum atomic E-state index is 0.439. The minimum Gasteiger partial charge on any atom is -0.311 e. The highest BCUT2D eigenvalue weighted by molar-refractivity contribution is 5.11. The lowest BCUT2D eigenvalue weighted by Gasteiger charge is -2.34. The fourth-order valence-corrected chi connectivity index (χ4v) is 3.53. The second-order valence-corrected chi connectivity index (χ2v) is 6.23. The van der Waals surface area contributed by atoms with Crippen LogP contribution in [0.3, 0.4) is 0 Å². The molecule has 0 spiro atoms. The van der Waals surface area contributed by atoms with Crippen molar-refractivity contribution in [3.05, 3.63) is 18.0 Å². The van der Waals surface area contributed by atoms with Crippen LogP contribution in [0, 0.1) is 11.3 Å². The monoisotopic (exact) mass is 249 g/mol. The summed E-state index contributed by atoms with van der Waals surface area (Å²) in [6.45, 7) is 8.05. The second kappa shape index (κ2) is 5.43. The van der Waals surface area contributed by atoms with Crippen molar-refractivity contribution < 1.29 is 0 Å². The van der Waals surface area contributed by atoms with Crippen LogP contribution in [0.15, 0.2) is 12.3 Å². The van der Waals surface area contributed by atoms with Gasteiger partial charge in [0.25, 0.3) is 0 Å². The van der Waals surface area contributed by atoms with Crippen molar-refractivity contribution in [2.75, 3.05) is 7.05 Å². The van der Waals surface area contributed by atoms with Crippen LogP contribution in [-0.4, -0.2) is 16.8 Å². The Morgan fingerprint density at radius 3 is 2.89 bits per heavy atom. The van der Waals surface area contributed by atoms with E-state index < -0.39 is 0 Å². The molecule has 1 aromatic rings. The molecular formula is C15H27N3. The van der Waals surface area contributed by atoms with Crippen LogP contribution in [0.4, 0.5) is 0 Å². The third-order valence-electron chi connectivity index (χ3n) is 4.56. The number of hydrogen-bond donors (Lipinski definition) is 1. The maximum atomic E-state index is 4.47. The van der Waals surface area contributed by atoms with E-state index in [2.05, 4.69) is 49.0 Å². The van der Waals surface area contributed by atoms with Crippen LogP contribution in [-0.2, 0) is 6.54 Å². The topological polar surface area (TPSA) is 29.9 Å². The van der Waals surface area contributed by atoms with Crippen molar-refractivity contribution in [1.82, 2.24) is 15.1 Å². The molecule has 3 heteroatoms. The lowest BCUT2D eigenvalue weighted by Crippen LogP contribution is -2.33. The predicted molar refractivity (Wildman–Crippen MR) is 75.4 cm³/mol. The first-order chi connectivity index (χ1) is 8.60. The molecule has 1 saturated carbocycles. The zero-order valence-corrected chi connectivity index (χ0v) is 12.2. The summed E-state index contributed by atoms with van der Waals surface area (Å²) >= 11 is 0. The van der Waals surface area contributed by atoms with E-state index in [1.807, 2.05) is 6.20 Å². The summed E-state index contributed by atoms with van der Waals surface area (Å²) in [5, 5.41) is 8.01. The van der Waals surface area contributed by atoms with E-state index in [1.54, 1.807) is 0 Å². The third-order valence-corrected chi connectivity index (χ3v) is 4.56. The molecule has 0 saturated heterocycles. The van der Waals surface area contributed by atoms with E-state index in [4.69, 9.17) is 0 Å². The number of aromatic nitrogens is 2. The maximum absolute atomic E-state index is 4.47. The molecule has 1 aliphatic carbocycles. The van der Waals surface area contributed by atoms with Crippen LogP contribution in [0.5, 0.6) is 0 Å². The van der Waals surface area contributed by atoms with Crippen molar-refractivity contribution in [2.24, 2.45) is 11.3 Å². The van der Waals surface area contributed by atoms with Crippen molar-refractivity contribution in [3.8, 4) is 0 Å². The van der Waals surface area contributed by atoms with Gasteiger partial charge in [-0.3, -0.25) is 4.68 Å². The standard InChI is InChI=1S/C15H27N3/c1-5-11-18-13(8-10-17-18)14(16-4)12-7-6-9-15(12,2)3/h8,10,12,14,16H,5-7,9,11H2,1-4H3. The summed E-state index contributed by atoms with van der Waals surface area (Å²) in [5.74, 6) is 0.717. The fourth-order valence-electron chi connectivity index (χ4n) is 3.53. The molecule has 3 nitrogen and oxygen atoms in total. The summed E-state index contributed by atoms with van der Waals surface area (Å²) in [4.78, 5) is 0. The zero-order chi connectivity index (χ0) is 13.2. The Morgan fingerprint density at radius 2 is 2.33 bits per heavy atom. The van der Waals surface area contributed by atoms with Crippen molar-refractivity contribution in [3.63, 3.8) is 0 Å². The molecule has 0 amide bonds. The van der Waals surface area contributed by atoms with Crippen LogP contribution < -0.4 is 5.32 Å². The van der Waals surface area contributed by atoms with Gasteiger partial charge < -0.3 is 5.32 Å². The van der Waals surface area contributed by atoms with Gasteiger partial charge in [0.05, 0.1) is 11.7 Å². The van der Waals surface area contributed by atoms with E-state index in [-0.39, 0.29) is 0 Å². The second-order valence-electron chi connectivity index (χ2n) is 6.23. The Bertz CT molecular complexity index is 381. The Labute approximate surface area is 111 Å². The molecule has 0 aromatic carbocycles. The Balaban J connectivity index is 2.25. The van der Waals surface area contributed by atoms with Gasteiger partial charge in [0.1, 0.15) is 0 Å². The number of aryl methyl sites for hydroxylation is 1. The van der Waals surface area contributed by atoms with Gasteiger partial charge in [0.15, 0.2) is 0 Å². The summed E-state index contributed by atoms with van der Waals surface area (Å²) in [5.41, 5.74) is 1.80. The van der Waals surface area contributed by atoms with Crippen LogP contribution in [0.1, 0.15) is 58.2 Å². The average molecular weight is 249 g/mol. The minimum absolute atomic E-state index is 0.439. The first-order valence-corrected chi connectivity index (χ1v) is 7.29. The Kier molecular flexibility index (Phi) is 4.10. The highest BCUT2D eigenvalue weighted by Gasteiger charge is 2.40. The van der Waals surface area contributed by atoms with Gasteiger partial charge in [-0.1, -0.05) is 27.2 Å². The van der Waals surface area contributed by atoms with Gasteiger partial charge in [-0.15, -0.1) is 0 Å². The number of nitrogens with zero attached hydrogens (tertiary/aromatic N) is 2. The van der Waals surface area contributed by atoms with Crippen LogP contribution in [0.25, 0.3) is 0 Å². The first-order valence-electron chi connectivity index (χ1n) is 7.29. The molecule has 2 atom stereocenters. The predicted octanol–water partition coefficient (Wildman–Crippen LogP) is 3.38. The Morgan fingerprint density at radius 1 is 1.56 bits per heavy atom. The molecule has 1 N–H and O–H groups in total. The highest BCUT2D eigenvalue weighted by Crippen LogP contribution is 2.48. The molecule has 2 unspecified atom stereocenters. The van der Waals surface area contributed by atoms with Gasteiger partial charge in [-0.2, -0.15) is 5.10 Å². The van der Waals surface area contributed by atoms with Crippen molar-refractivity contribution in [1.29, 1.82) is 0 Å². The van der Waals surface area contributed by atoms with Crippen molar-refractivity contribution in [2.45, 2.75) is 59.0 Å². The fraction of sp³-hybridized carbons (Fsp3) is 0.800. The van der Waals surface area contributed by atoms with Gasteiger partial charge >= 0.3 is 0 Å².